The average Bonchev–Trinajstić information content (AvgIpc) is 2.77. The standard InChI is InChI=1S/C24H29N3O4/c1-14-5-11-20(28)22-19(14)13-27(24(30)26-22)18-9-6-16(7-10-18)23(29)25-17-8-4-15(2)21(12-17)31-3/h4-5,8,11-12,16,18,28H,6-7,9-10,13H2,1-3H3,(H,25,29)(H,26,30). The van der Waals surface area contributed by atoms with Gasteiger partial charge in [0.2, 0.25) is 5.91 Å². The molecule has 0 atom stereocenters. The van der Waals surface area contributed by atoms with Crippen LogP contribution in [0.15, 0.2) is 30.3 Å². The number of nitrogens with one attached hydrogen (secondary N) is 2. The van der Waals surface area contributed by atoms with Crippen LogP contribution in [0.5, 0.6) is 11.5 Å². The normalized spacial score (nSPS) is 20.6. The fourth-order valence-electron chi connectivity index (χ4n) is 4.59. The molecule has 1 fully saturated rings. The minimum Gasteiger partial charge on any atom is -0.506 e. The first-order valence-electron chi connectivity index (χ1n) is 10.7. The number of aryl methyl sites for hydroxylation is 2. The molecular weight excluding hydrogens is 394 g/mol. The lowest BCUT2D eigenvalue weighted by atomic mass is 9.84. The van der Waals surface area contributed by atoms with Gasteiger partial charge in [-0.1, -0.05) is 12.1 Å². The number of carbonyl (C=O) groups is 2. The molecule has 0 aromatic heterocycles. The van der Waals surface area contributed by atoms with Crippen LogP contribution < -0.4 is 15.4 Å². The molecule has 2 aromatic rings. The summed E-state index contributed by atoms with van der Waals surface area (Å²) in [6.45, 7) is 4.42. The molecule has 0 bridgehead atoms. The van der Waals surface area contributed by atoms with Crippen LogP contribution in [0.2, 0.25) is 0 Å². The van der Waals surface area contributed by atoms with Crippen LogP contribution >= 0.6 is 0 Å². The van der Waals surface area contributed by atoms with Crippen molar-refractivity contribution in [2.75, 3.05) is 17.7 Å². The monoisotopic (exact) mass is 423 g/mol. The Kier molecular flexibility index (Phi) is 5.76. The summed E-state index contributed by atoms with van der Waals surface area (Å²) in [6.07, 6.45) is 3.01. The predicted octanol–water partition coefficient (Wildman–Crippen LogP) is 4.56. The Hall–Kier alpha value is -3.22. The lowest BCUT2D eigenvalue weighted by Gasteiger charge is -2.39. The first-order valence-corrected chi connectivity index (χ1v) is 10.7. The van der Waals surface area contributed by atoms with Crippen LogP contribution in [0.25, 0.3) is 0 Å². The molecule has 31 heavy (non-hydrogen) atoms. The Morgan fingerprint density at radius 2 is 1.84 bits per heavy atom. The molecule has 2 aromatic carbocycles. The van der Waals surface area contributed by atoms with Crippen LogP contribution in [-0.4, -0.2) is 35.1 Å². The molecule has 1 heterocycles. The SMILES string of the molecule is COc1cc(NC(=O)C2CCC(N3Cc4c(C)ccc(O)c4NC3=O)CC2)ccc1C. The van der Waals surface area contributed by atoms with Crippen LogP contribution in [0.1, 0.15) is 42.4 Å². The van der Waals surface area contributed by atoms with Gasteiger partial charge >= 0.3 is 6.03 Å². The van der Waals surface area contributed by atoms with E-state index in [1.165, 1.54) is 0 Å². The highest BCUT2D eigenvalue weighted by Gasteiger charge is 2.35. The topological polar surface area (TPSA) is 90.9 Å². The van der Waals surface area contributed by atoms with Crippen LogP contribution in [0, 0.1) is 19.8 Å². The minimum atomic E-state index is -0.187. The molecule has 1 aliphatic carbocycles. The lowest BCUT2D eigenvalue weighted by Crippen LogP contribution is -2.47. The molecule has 2 aliphatic rings. The van der Waals surface area contributed by atoms with Gasteiger partial charge in [0, 0.05) is 29.3 Å². The van der Waals surface area contributed by atoms with Gasteiger partial charge in [0.05, 0.1) is 19.3 Å². The molecule has 7 nitrogen and oxygen atoms in total. The number of urea groups is 1. The molecule has 0 unspecified atom stereocenters. The van der Waals surface area contributed by atoms with Crippen molar-refractivity contribution in [1.82, 2.24) is 4.90 Å². The van der Waals surface area contributed by atoms with Crippen molar-refractivity contribution in [2.45, 2.75) is 52.1 Å². The number of amides is 3. The molecule has 7 heteroatoms. The number of hydrogen-bond acceptors (Lipinski definition) is 4. The van der Waals surface area contributed by atoms with Crippen molar-refractivity contribution in [3.63, 3.8) is 0 Å². The average molecular weight is 424 g/mol. The first kappa shape index (κ1) is 21.0. The molecule has 1 saturated carbocycles. The number of anilines is 2. The van der Waals surface area contributed by atoms with E-state index in [9.17, 15) is 14.7 Å². The lowest BCUT2D eigenvalue weighted by molar-refractivity contribution is -0.121. The van der Waals surface area contributed by atoms with Crippen molar-refractivity contribution in [1.29, 1.82) is 0 Å². The zero-order valence-electron chi connectivity index (χ0n) is 18.2. The number of fused-ring (bicyclic) bond motifs is 1. The smallest absolute Gasteiger partial charge is 0.322 e. The van der Waals surface area contributed by atoms with Gasteiger partial charge in [-0.05, 0) is 62.8 Å². The highest BCUT2D eigenvalue weighted by Crippen LogP contribution is 2.37. The number of ether oxygens (including phenoxy) is 1. The Balaban J connectivity index is 1.38. The Bertz CT molecular complexity index is 1010. The number of benzene rings is 2. The summed E-state index contributed by atoms with van der Waals surface area (Å²) in [4.78, 5) is 27.3. The number of rotatable bonds is 4. The molecular formula is C24H29N3O4. The van der Waals surface area contributed by atoms with Crippen molar-refractivity contribution >= 4 is 23.3 Å². The van der Waals surface area contributed by atoms with Gasteiger partial charge < -0.3 is 25.4 Å². The van der Waals surface area contributed by atoms with E-state index in [0.29, 0.717) is 12.2 Å². The number of methoxy groups -OCH3 is 1. The Labute approximate surface area is 182 Å². The second-order valence-electron chi connectivity index (χ2n) is 8.49. The molecule has 0 radical (unpaired) electrons. The van der Waals surface area contributed by atoms with Crippen molar-refractivity contribution in [2.24, 2.45) is 5.92 Å². The number of phenolic OH excluding ortho intramolecular Hbond substituents is 1. The maximum Gasteiger partial charge on any atom is 0.322 e. The second-order valence-corrected chi connectivity index (χ2v) is 8.49. The van der Waals surface area contributed by atoms with Crippen LogP contribution in [0.3, 0.4) is 0 Å². The van der Waals surface area contributed by atoms with Gasteiger partial charge in [0.1, 0.15) is 11.5 Å². The molecule has 3 amide bonds. The molecule has 3 N–H and O–H groups in total. The molecule has 1 aliphatic heterocycles. The van der Waals surface area contributed by atoms with Crippen LogP contribution in [-0.2, 0) is 11.3 Å². The van der Waals surface area contributed by atoms with E-state index >= 15 is 0 Å². The summed E-state index contributed by atoms with van der Waals surface area (Å²) in [5.41, 5.74) is 4.26. The predicted molar refractivity (Wildman–Crippen MR) is 120 cm³/mol. The summed E-state index contributed by atoms with van der Waals surface area (Å²) in [5.74, 6) is 0.786. The third kappa shape index (κ3) is 4.17. The van der Waals surface area contributed by atoms with E-state index in [2.05, 4.69) is 10.6 Å². The first-order chi connectivity index (χ1) is 14.9. The molecule has 0 spiro atoms. The number of aromatic hydroxyl groups is 1. The highest BCUT2D eigenvalue weighted by atomic mass is 16.5. The maximum atomic E-state index is 12.8. The van der Waals surface area contributed by atoms with Gasteiger partial charge in [-0.15, -0.1) is 0 Å². The van der Waals surface area contributed by atoms with E-state index < -0.39 is 0 Å². The number of carbonyl (C=O) groups excluding carboxylic acids is 2. The van der Waals surface area contributed by atoms with Crippen LogP contribution in [0.4, 0.5) is 16.2 Å². The van der Waals surface area contributed by atoms with E-state index in [4.69, 9.17) is 4.74 Å². The summed E-state index contributed by atoms with van der Waals surface area (Å²) in [6, 6.07) is 9.02. The fraction of sp³-hybridized carbons (Fsp3) is 0.417. The zero-order valence-corrected chi connectivity index (χ0v) is 18.2. The van der Waals surface area contributed by atoms with Gasteiger partial charge in [0.15, 0.2) is 0 Å². The maximum absolute atomic E-state index is 12.8. The third-order valence-electron chi connectivity index (χ3n) is 6.53. The number of phenols is 1. The Morgan fingerprint density at radius 1 is 1.13 bits per heavy atom. The zero-order chi connectivity index (χ0) is 22.1. The quantitative estimate of drug-likeness (QED) is 0.629. The van der Waals surface area contributed by atoms with Crippen molar-refractivity contribution < 1.29 is 19.4 Å². The van der Waals surface area contributed by atoms with E-state index in [0.717, 1.165) is 53.8 Å². The van der Waals surface area contributed by atoms with E-state index in [-0.39, 0.29) is 29.6 Å². The van der Waals surface area contributed by atoms with Gasteiger partial charge in [-0.2, -0.15) is 0 Å². The number of nitrogens with zero attached hydrogens (tertiary/aromatic N) is 1. The molecule has 164 valence electrons. The van der Waals surface area contributed by atoms with Crippen molar-refractivity contribution in [3.8, 4) is 11.5 Å². The largest absolute Gasteiger partial charge is 0.506 e. The minimum absolute atomic E-state index is 0.0126. The highest BCUT2D eigenvalue weighted by molar-refractivity contribution is 5.95. The summed E-state index contributed by atoms with van der Waals surface area (Å²) in [5, 5.41) is 15.9. The summed E-state index contributed by atoms with van der Waals surface area (Å²) < 4.78 is 5.33. The summed E-state index contributed by atoms with van der Waals surface area (Å²) >= 11 is 0. The third-order valence-corrected chi connectivity index (χ3v) is 6.53. The molecule has 4 rings (SSSR count). The van der Waals surface area contributed by atoms with E-state index in [1.54, 1.807) is 13.2 Å². The summed E-state index contributed by atoms with van der Waals surface area (Å²) in [7, 11) is 1.62. The van der Waals surface area contributed by atoms with Crippen molar-refractivity contribution in [3.05, 3.63) is 47.0 Å². The number of hydrogen-bond donors (Lipinski definition) is 3. The second kappa shape index (κ2) is 8.49. The van der Waals surface area contributed by atoms with Gasteiger partial charge in [0.25, 0.3) is 0 Å². The Morgan fingerprint density at radius 3 is 2.55 bits per heavy atom. The fourth-order valence-corrected chi connectivity index (χ4v) is 4.59. The van der Waals surface area contributed by atoms with Gasteiger partial charge in [-0.3, -0.25) is 4.79 Å². The van der Waals surface area contributed by atoms with E-state index in [1.807, 2.05) is 43.0 Å². The van der Waals surface area contributed by atoms with Gasteiger partial charge in [-0.25, -0.2) is 4.79 Å². The molecule has 0 saturated heterocycles.